The molecule has 1 aliphatic rings. The van der Waals surface area contributed by atoms with E-state index in [0.717, 1.165) is 12.8 Å². The Labute approximate surface area is 117 Å². The fourth-order valence-corrected chi connectivity index (χ4v) is 3.39. The molecule has 0 radical (unpaired) electrons. The van der Waals surface area contributed by atoms with Gasteiger partial charge in [0.1, 0.15) is 0 Å². The molecule has 104 valence electrons. The number of thioether (sulfide) groups is 1. The Morgan fingerprint density at radius 1 is 1.32 bits per heavy atom. The maximum absolute atomic E-state index is 12.0. The van der Waals surface area contributed by atoms with E-state index in [1.807, 2.05) is 11.8 Å². The number of carbonyl (C=O) groups is 1. The number of rotatable bonds is 4. The molecule has 5 heteroatoms. The van der Waals surface area contributed by atoms with Crippen LogP contribution >= 0.6 is 11.8 Å². The first-order chi connectivity index (χ1) is 9.06. The first-order valence-corrected chi connectivity index (χ1v) is 7.64. The summed E-state index contributed by atoms with van der Waals surface area (Å²) in [6.07, 6.45) is 6.79. The van der Waals surface area contributed by atoms with Gasteiger partial charge in [0.05, 0.1) is 0 Å². The standard InChI is InChI=1S/C14H19NO3S/c1-19-14(6-2-3-7-14)9-15-13(18)10-4-5-11(16)12(17)8-10/h4-5,8,16-17H,2-3,6-7,9H2,1H3,(H,15,18). The Hall–Kier alpha value is -1.36. The molecule has 1 fully saturated rings. The van der Waals surface area contributed by atoms with Gasteiger partial charge < -0.3 is 15.5 Å². The van der Waals surface area contributed by atoms with E-state index < -0.39 is 0 Å². The quantitative estimate of drug-likeness (QED) is 0.742. The maximum atomic E-state index is 12.0. The second-order valence-corrected chi connectivity index (χ2v) is 6.25. The molecule has 1 aromatic rings. The van der Waals surface area contributed by atoms with E-state index in [-0.39, 0.29) is 22.2 Å². The first kappa shape index (κ1) is 14.1. The Balaban J connectivity index is 1.99. The molecule has 0 unspecified atom stereocenters. The summed E-state index contributed by atoms with van der Waals surface area (Å²) >= 11 is 1.82. The minimum atomic E-state index is -0.270. The van der Waals surface area contributed by atoms with E-state index in [9.17, 15) is 15.0 Å². The molecule has 4 nitrogen and oxygen atoms in total. The third-order valence-electron chi connectivity index (χ3n) is 3.76. The van der Waals surface area contributed by atoms with Crippen LogP contribution in [0.2, 0.25) is 0 Å². The molecule has 0 aliphatic heterocycles. The highest BCUT2D eigenvalue weighted by atomic mass is 32.2. The molecule has 0 spiro atoms. The lowest BCUT2D eigenvalue weighted by Crippen LogP contribution is -2.38. The largest absolute Gasteiger partial charge is 0.504 e. The third kappa shape index (κ3) is 3.15. The zero-order valence-corrected chi connectivity index (χ0v) is 11.8. The molecule has 1 saturated carbocycles. The monoisotopic (exact) mass is 281 g/mol. The van der Waals surface area contributed by atoms with Crippen molar-refractivity contribution in [2.75, 3.05) is 12.8 Å². The smallest absolute Gasteiger partial charge is 0.251 e. The first-order valence-electron chi connectivity index (χ1n) is 6.42. The number of carbonyl (C=O) groups excluding carboxylic acids is 1. The Kier molecular flexibility index (Phi) is 4.24. The number of phenols is 2. The molecule has 3 N–H and O–H groups in total. The number of benzene rings is 1. The van der Waals surface area contributed by atoms with Gasteiger partial charge in [-0.2, -0.15) is 11.8 Å². The van der Waals surface area contributed by atoms with Crippen molar-refractivity contribution in [2.45, 2.75) is 30.4 Å². The predicted octanol–water partition coefficient (Wildman–Crippen LogP) is 2.50. The van der Waals surface area contributed by atoms with Crippen molar-refractivity contribution >= 4 is 17.7 Å². The van der Waals surface area contributed by atoms with E-state index in [1.54, 1.807) is 0 Å². The summed E-state index contributed by atoms with van der Waals surface area (Å²) in [5, 5.41) is 21.5. The number of hydrogen-bond acceptors (Lipinski definition) is 4. The van der Waals surface area contributed by atoms with Crippen LogP contribution in [-0.4, -0.2) is 33.7 Å². The summed E-state index contributed by atoms with van der Waals surface area (Å²) in [4.78, 5) is 12.0. The molecule has 2 rings (SSSR count). The van der Waals surface area contributed by atoms with Crippen molar-refractivity contribution in [2.24, 2.45) is 0 Å². The highest BCUT2D eigenvalue weighted by molar-refractivity contribution is 8.00. The molecule has 0 atom stereocenters. The van der Waals surface area contributed by atoms with Crippen molar-refractivity contribution in [3.05, 3.63) is 23.8 Å². The number of phenolic OH excluding ortho intramolecular Hbond substituents is 2. The Morgan fingerprint density at radius 3 is 2.58 bits per heavy atom. The highest BCUT2D eigenvalue weighted by Gasteiger charge is 2.33. The van der Waals surface area contributed by atoms with E-state index in [4.69, 9.17) is 0 Å². The average Bonchev–Trinajstić information content (AvgIpc) is 2.89. The van der Waals surface area contributed by atoms with Gasteiger partial charge in [0, 0.05) is 16.9 Å². The van der Waals surface area contributed by atoms with Gasteiger partial charge in [0.2, 0.25) is 0 Å². The van der Waals surface area contributed by atoms with Crippen LogP contribution in [0.4, 0.5) is 0 Å². The van der Waals surface area contributed by atoms with Crippen molar-refractivity contribution in [3.63, 3.8) is 0 Å². The molecule has 1 amide bonds. The van der Waals surface area contributed by atoms with Crippen molar-refractivity contribution in [1.29, 1.82) is 0 Å². The Bertz CT molecular complexity index is 470. The van der Waals surface area contributed by atoms with E-state index in [1.165, 1.54) is 31.0 Å². The number of aromatic hydroxyl groups is 2. The Morgan fingerprint density at radius 2 is 2.00 bits per heavy atom. The summed E-state index contributed by atoms with van der Waals surface area (Å²) in [6.45, 7) is 0.647. The maximum Gasteiger partial charge on any atom is 0.251 e. The van der Waals surface area contributed by atoms with Crippen LogP contribution in [0.3, 0.4) is 0 Å². The van der Waals surface area contributed by atoms with Gasteiger partial charge >= 0.3 is 0 Å². The fourth-order valence-electron chi connectivity index (χ4n) is 2.48. The van der Waals surface area contributed by atoms with Crippen molar-refractivity contribution in [1.82, 2.24) is 5.32 Å². The minimum Gasteiger partial charge on any atom is -0.504 e. The van der Waals surface area contributed by atoms with Gasteiger partial charge in [0.15, 0.2) is 11.5 Å². The zero-order chi connectivity index (χ0) is 13.9. The van der Waals surface area contributed by atoms with Crippen LogP contribution in [0.1, 0.15) is 36.0 Å². The van der Waals surface area contributed by atoms with Gasteiger partial charge in [-0.25, -0.2) is 0 Å². The lowest BCUT2D eigenvalue weighted by Gasteiger charge is -2.26. The number of hydrogen-bond donors (Lipinski definition) is 3. The number of nitrogens with one attached hydrogen (secondary N) is 1. The second kappa shape index (κ2) is 5.74. The highest BCUT2D eigenvalue weighted by Crippen LogP contribution is 2.39. The van der Waals surface area contributed by atoms with Crippen LogP contribution in [0.5, 0.6) is 11.5 Å². The van der Waals surface area contributed by atoms with Gasteiger partial charge in [-0.1, -0.05) is 12.8 Å². The van der Waals surface area contributed by atoms with Crippen LogP contribution in [0.15, 0.2) is 18.2 Å². The molecule has 0 saturated heterocycles. The molecule has 0 heterocycles. The summed E-state index contributed by atoms with van der Waals surface area (Å²) in [5.74, 6) is -0.698. The normalized spacial score (nSPS) is 17.3. The van der Waals surface area contributed by atoms with Gasteiger partial charge in [-0.3, -0.25) is 4.79 Å². The summed E-state index contributed by atoms with van der Waals surface area (Å²) in [6, 6.07) is 4.11. The zero-order valence-electron chi connectivity index (χ0n) is 11.0. The molecular formula is C14H19NO3S. The third-order valence-corrected chi connectivity index (χ3v) is 5.18. The van der Waals surface area contributed by atoms with Crippen LogP contribution < -0.4 is 5.32 Å². The predicted molar refractivity (Wildman–Crippen MR) is 76.8 cm³/mol. The van der Waals surface area contributed by atoms with E-state index >= 15 is 0 Å². The topological polar surface area (TPSA) is 69.6 Å². The summed E-state index contributed by atoms with van der Waals surface area (Å²) in [7, 11) is 0. The lowest BCUT2D eigenvalue weighted by atomic mass is 10.1. The molecule has 0 bridgehead atoms. The van der Waals surface area contributed by atoms with Gasteiger partial charge in [-0.05, 0) is 37.3 Å². The second-order valence-electron chi connectivity index (χ2n) is 4.98. The molecular weight excluding hydrogens is 262 g/mol. The molecule has 1 aliphatic carbocycles. The summed E-state index contributed by atoms with van der Waals surface area (Å²) in [5.41, 5.74) is 0.365. The number of amides is 1. The molecule has 0 aromatic heterocycles. The minimum absolute atomic E-state index is 0.161. The van der Waals surface area contributed by atoms with E-state index in [0.29, 0.717) is 12.1 Å². The SMILES string of the molecule is CSC1(CNC(=O)c2ccc(O)c(O)c2)CCCC1. The van der Waals surface area contributed by atoms with Crippen molar-refractivity contribution < 1.29 is 15.0 Å². The van der Waals surface area contributed by atoms with Crippen LogP contribution in [-0.2, 0) is 0 Å². The van der Waals surface area contributed by atoms with Crippen LogP contribution in [0, 0.1) is 0 Å². The van der Waals surface area contributed by atoms with Crippen LogP contribution in [0.25, 0.3) is 0 Å². The van der Waals surface area contributed by atoms with Gasteiger partial charge in [0.25, 0.3) is 5.91 Å². The average molecular weight is 281 g/mol. The fraction of sp³-hybridized carbons (Fsp3) is 0.500. The summed E-state index contributed by atoms with van der Waals surface area (Å²) < 4.78 is 0.161. The molecule has 19 heavy (non-hydrogen) atoms. The van der Waals surface area contributed by atoms with Gasteiger partial charge in [-0.15, -0.1) is 0 Å². The van der Waals surface area contributed by atoms with Crippen molar-refractivity contribution in [3.8, 4) is 11.5 Å². The lowest BCUT2D eigenvalue weighted by molar-refractivity contribution is 0.0949. The molecule has 1 aromatic carbocycles. The van der Waals surface area contributed by atoms with E-state index in [2.05, 4.69) is 11.6 Å².